The number of rotatable bonds is 6. The van der Waals surface area contributed by atoms with Gasteiger partial charge in [0.1, 0.15) is 12.1 Å². The monoisotopic (exact) mass is 396 g/mol. The van der Waals surface area contributed by atoms with Gasteiger partial charge in [0.05, 0.1) is 11.4 Å². The first-order valence-electron chi connectivity index (χ1n) is 8.19. The van der Waals surface area contributed by atoms with E-state index in [-0.39, 0.29) is 17.3 Å². The van der Waals surface area contributed by atoms with Crippen LogP contribution in [0.5, 0.6) is 0 Å². The molecule has 0 aliphatic rings. The topological polar surface area (TPSA) is 94.0 Å². The van der Waals surface area contributed by atoms with E-state index < -0.39 is 11.8 Å². The summed E-state index contributed by atoms with van der Waals surface area (Å²) in [6.45, 7) is 0. The minimum Gasteiger partial charge on any atom is -0.476 e. The molecule has 0 bridgehead atoms. The van der Waals surface area contributed by atoms with Crippen LogP contribution < -0.4 is 0 Å². The highest BCUT2D eigenvalue weighted by molar-refractivity contribution is 7.98. The van der Waals surface area contributed by atoms with E-state index in [2.05, 4.69) is 15.2 Å². The molecule has 0 amide bonds. The van der Waals surface area contributed by atoms with Crippen molar-refractivity contribution in [2.45, 2.75) is 10.9 Å². The van der Waals surface area contributed by atoms with Gasteiger partial charge in [0.2, 0.25) is 5.89 Å². The Hall–Kier alpha value is -3.46. The van der Waals surface area contributed by atoms with Gasteiger partial charge in [-0.05, 0) is 12.1 Å². The molecule has 0 atom stereocenters. The van der Waals surface area contributed by atoms with E-state index >= 15 is 0 Å². The second kappa shape index (κ2) is 7.65. The lowest BCUT2D eigenvalue weighted by molar-refractivity contribution is 0.0690. The summed E-state index contributed by atoms with van der Waals surface area (Å²) in [5.74, 6) is -0.639. The van der Waals surface area contributed by atoms with Crippen LogP contribution in [0.1, 0.15) is 16.4 Å². The zero-order chi connectivity index (χ0) is 19.5. The Kier molecular flexibility index (Phi) is 4.90. The third kappa shape index (κ3) is 3.52. The quantitative estimate of drug-likeness (QED) is 0.491. The zero-order valence-corrected chi connectivity index (χ0v) is 15.1. The van der Waals surface area contributed by atoms with Gasteiger partial charge in [-0.1, -0.05) is 54.2 Å². The third-order valence-electron chi connectivity index (χ3n) is 3.85. The lowest BCUT2D eigenvalue weighted by atomic mass is 10.2. The van der Waals surface area contributed by atoms with Crippen LogP contribution in [-0.2, 0) is 5.75 Å². The Morgan fingerprint density at radius 3 is 2.57 bits per heavy atom. The number of carbonyl (C=O) groups is 1. The fraction of sp³-hybridized carbons (Fsp3) is 0.0526. The predicted octanol–water partition coefficient (Wildman–Crippen LogP) is 4.05. The van der Waals surface area contributed by atoms with Gasteiger partial charge in [0, 0.05) is 5.56 Å². The average molecular weight is 396 g/mol. The molecule has 0 radical (unpaired) electrons. The zero-order valence-electron chi connectivity index (χ0n) is 14.3. The molecule has 140 valence electrons. The highest BCUT2D eigenvalue weighted by atomic mass is 32.2. The number of carboxylic acid groups (broad SMARTS) is 1. The second-order valence-corrected chi connectivity index (χ2v) is 6.62. The number of carboxylic acids is 1. The van der Waals surface area contributed by atoms with Crippen molar-refractivity contribution in [3.8, 4) is 17.1 Å². The first-order valence-corrected chi connectivity index (χ1v) is 9.18. The Morgan fingerprint density at radius 1 is 1.11 bits per heavy atom. The van der Waals surface area contributed by atoms with Crippen molar-refractivity contribution in [3.05, 3.63) is 78.3 Å². The van der Waals surface area contributed by atoms with Gasteiger partial charge in [-0.15, -0.1) is 10.2 Å². The van der Waals surface area contributed by atoms with Crippen molar-refractivity contribution in [1.82, 2.24) is 19.7 Å². The largest absolute Gasteiger partial charge is 0.476 e. The van der Waals surface area contributed by atoms with Crippen molar-refractivity contribution in [3.63, 3.8) is 0 Å². The van der Waals surface area contributed by atoms with Crippen LogP contribution in [0.3, 0.4) is 0 Å². The number of nitrogens with zero attached hydrogens (tertiary/aromatic N) is 4. The van der Waals surface area contributed by atoms with Gasteiger partial charge in [-0.3, -0.25) is 4.57 Å². The summed E-state index contributed by atoms with van der Waals surface area (Å²) >= 11 is 1.22. The number of aromatic carboxylic acids is 1. The smallest absolute Gasteiger partial charge is 0.357 e. The number of para-hydroxylation sites is 1. The molecule has 0 aliphatic carbocycles. The summed E-state index contributed by atoms with van der Waals surface area (Å²) in [5.41, 5.74) is 0.929. The van der Waals surface area contributed by atoms with Crippen molar-refractivity contribution in [2.75, 3.05) is 0 Å². The van der Waals surface area contributed by atoms with Crippen LogP contribution in [0.2, 0.25) is 0 Å². The van der Waals surface area contributed by atoms with Crippen LogP contribution in [0, 0.1) is 5.82 Å². The van der Waals surface area contributed by atoms with E-state index in [1.807, 2.05) is 30.3 Å². The summed E-state index contributed by atoms with van der Waals surface area (Å²) < 4.78 is 21.3. The first-order chi connectivity index (χ1) is 13.6. The lowest BCUT2D eigenvalue weighted by Crippen LogP contribution is -2.02. The summed E-state index contributed by atoms with van der Waals surface area (Å²) in [6, 6.07) is 15.7. The van der Waals surface area contributed by atoms with Gasteiger partial charge < -0.3 is 9.52 Å². The molecule has 4 rings (SSSR count). The minimum atomic E-state index is -1.17. The molecule has 7 nitrogen and oxygen atoms in total. The van der Waals surface area contributed by atoms with E-state index in [1.165, 1.54) is 17.8 Å². The van der Waals surface area contributed by atoms with Crippen LogP contribution in [0.15, 0.2) is 70.4 Å². The Balaban J connectivity index is 1.72. The van der Waals surface area contributed by atoms with E-state index in [9.17, 15) is 9.18 Å². The molecule has 2 aromatic heterocycles. The molecule has 28 heavy (non-hydrogen) atoms. The van der Waals surface area contributed by atoms with Crippen molar-refractivity contribution in [1.29, 1.82) is 0 Å². The van der Waals surface area contributed by atoms with Crippen LogP contribution in [0.25, 0.3) is 17.1 Å². The second-order valence-electron chi connectivity index (χ2n) is 5.68. The molecular formula is C19H13FN4O3S. The molecule has 9 heteroatoms. The van der Waals surface area contributed by atoms with E-state index in [4.69, 9.17) is 9.52 Å². The van der Waals surface area contributed by atoms with E-state index in [1.54, 1.807) is 22.8 Å². The van der Waals surface area contributed by atoms with Crippen molar-refractivity contribution < 1.29 is 18.7 Å². The lowest BCUT2D eigenvalue weighted by Gasteiger charge is -2.10. The molecule has 2 aromatic carbocycles. The highest BCUT2D eigenvalue weighted by Gasteiger charge is 2.19. The number of oxazole rings is 1. The predicted molar refractivity (Wildman–Crippen MR) is 99.8 cm³/mol. The highest BCUT2D eigenvalue weighted by Crippen LogP contribution is 2.30. The fourth-order valence-corrected chi connectivity index (χ4v) is 3.39. The number of halogens is 1. The first kappa shape index (κ1) is 17.9. The average Bonchev–Trinajstić information content (AvgIpc) is 3.35. The maximum Gasteiger partial charge on any atom is 0.357 e. The Labute approximate surface area is 162 Å². The molecule has 1 N–H and O–H groups in total. The molecule has 4 aromatic rings. The molecule has 0 saturated heterocycles. The number of thioether (sulfide) groups is 1. The molecule has 0 spiro atoms. The van der Waals surface area contributed by atoms with Gasteiger partial charge in [0.25, 0.3) is 0 Å². The number of hydrogen-bond acceptors (Lipinski definition) is 6. The van der Waals surface area contributed by atoms with Gasteiger partial charge in [-0.2, -0.15) is 0 Å². The Bertz CT molecular complexity index is 1130. The molecule has 0 saturated carbocycles. The maximum atomic E-state index is 14.5. The van der Waals surface area contributed by atoms with Crippen molar-refractivity contribution >= 4 is 17.7 Å². The van der Waals surface area contributed by atoms with Crippen LogP contribution >= 0.6 is 11.8 Å². The van der Waals surface area contributed by atoms with Gasteiger partial charge in [0.15, 0.2) is 16.7 Å². The molecular weight excluding hydrogens is 383 g/mol. The Morgan fingerprint density at radius 2 is 1.86 bits per heavy atom. The van der Waals surface area contributed by atoms with Gasteiger partial charge in [-0.25, -0.2) is 14.2 Å². The summed E-state index contributed by atoms with van der Waals surface area (Å²) in [4.78, 5) is 14.8. The molecule has 2 heterocycles. The number of benzene rings is 2. The van der Waals surface area contributed by atoms with Crippen LogP contribution in [-0.4, -0.2) is 30.8 Å². The molecule has 0 unspecified atom stereocenters. The maximum absolute atomic E-state index is 14.5. The van der Waals surface area contributed by atoms with E-state index in [0.29, 0.717) is 16.7 Å². The number of aromatic nitrogens is 4. The minimum absolute atomic E-state index is 0.170. The fourth-order valence-electron chi connectivity index (χ4n) is 2.59. The van der Waals surface area contributed by atoms with Crippen molar-refractivity contribution in [2.24, 2.45) is 0 Å². The van der Waals surface area contributed by atoms with E-state index in [0.717, 1.165) is 11.8 Å². The number of hydrogen-bond donors (Lipinski definition) is 1. The van der Waals surface area contributed by atoms with Crippen LogP contribution in [0.4, 0.5) is 4.39 Å². The third-order valence-corrected chi connectivity index (χ3v) is 4.77. The summed E-state index contributed by atoms with van der Waals surface area (Å²) in [7, 11) is 0. The molecule has 0 aliphatic heterocycles. The van der Waals surface area contributed by atoms with Gasteiger partial charge >= 0.3 is 5.97 Å². The molecule has 0 fully saturated rings. The standard InChI is InChI=1S/C19H13FN4O3S/c20-13-8-4-5-9-15(13)24-17(12-6-2-1-3-7-12)22-23-19(24)28-11-16-21-14(10-27-16)18(25)26/h1-10H,11H2,(H,25,26). The SMILES string of the molecule is O=C(O)c1coc(CSc2nnc(-c3ccccc3)n2-c2ccccc2F)n1. The normalized spacial score (nSPS) is 10.9. The summed E-state index contributed by atoms with van der Waals surface area (Å²) in [5, 5.41) is 17.8. The summed E-state index contributed by atoms with van der Waals surface area (Å²) in [6.07, 6.45) is 1.08.